The highest BCUT2D eigenvalue weighted by Crippen LogP contribution is 2.31. The number of nitrogens with one attached hydrogen (secondary N) is 1. The standard InChI is InChI=1S/C9H18BrNO3S/c1-14-6-7-15(12,13)11-9(8-10)4-2-3-5-9/h11H,2-8H2,1H3. The van der Waals surface area contributed by atoms with Crippen molar-refractivity contribution in [2.24, 2.45) is 0 Å². The van der Waals surface area contributed by atoms with Gasteiger partial charge in [-0.2, -0.15) is 0 Å². The molecule has 0 aliphatic heterocycles. The van der Waals surface area contributed by atoms with Gasteiger partial charge >= 0.3 is 0 Å². The molecule has 6 heteroatoms. The maximum absolute atomic E-state index is 11.7. The summed E-state index contributed by atoms with van der Waals surface area (Å²) < 4.78 is 31.0. The molecule has 1 aliphatic carbocycles. The predicted molar refractivity (Wildman–Crippen MR) is 63.8 cm³/mol. The van der Waals surface area contributed by atoms with Crippen molar-refractivity contribution < 1.29 is 13.2 Å². The fourth-order valence-corrected chi connectivity index (χ4v) is 4.20. The normalized spacial score (nSPS) is 20.7. The van der Waals surface area contributed by atoms with Crippen LogP contribution in [0.25, 0.3) is 0 Å². The van der Waals surface area contributed by atoms with Crippen LogP contribution in [0.15, 0.2) is 0 Å². The van der Waals surface area contributed by atoms with Crippen LogP contribution in [0.2, 0.25) is 0 Å². The van der Waals surface area contributed by atoms with E-state index in [-0.39, 0.29) is 17.9 Å². The van der Waals surface area contributed by atoms with Crippen molar-refractivity contribution in [1.29, 1.82) is 0 Å². The van der Waals surface area contributed by atoms with Gasteiger partial charge in [0.05, 0.1) is 12.4 Å². The molecule has 0 saturated heterocycles. The van der Waals surface area contributed by atoms with Crippen LogP contribution in [-0.2, 0) is 14.8 Å². The fourth-order valence-electron chi connectivity index (χ4n) is 1.89. The van der Waals surface area contributed by atoms with Crippen molar-refractivity contribution >= 4 is 26.0 Å². The van der Waals surface area contributed by atoms with E-state index in [1.165, 1.54) is 7.11 Å². The van der Waals surface area contributed by atoms with Gasteiger partial charge in [-0.1, -0.05) is 28.8 Å². The van der Waals surface area contributed by atoms with Gasteiger partial charge in [-0.15, -0.1) is 0 Å². The van der Waals surface area contributed by atoms with Gasteiger partial charge in [-0.25, -0.2) is 13.1 Å². The van der Waals surface area contributed by atoms with Crippen LogP contribution in [0.4, 0.5) is 0 Å². The maximum Gasteiger partial charge on any atom is 0.214 e. The quantitative estimate of drug-likeness (QED) is 0.751. The molecule has 0 amide bonds. The Labute approximate surface area is 99.9 Å². The van der Waals surface area contributed by atoms with Crippen LogP contribution in [0.3, 0.4) is 0 Å². The Morgan fingerprint density at radius 1 is 1.40 bits per heavy atom. The third-order valence-electron chi connectivity index (χ3n) is 2.74. The molecular weight excluding hydrogens is 282 g/mol. The first-order valence-corrected chi connectivity index (χ1v) is 7.87. The molecule has 90 valence electrons. The van der Waals surface area contributed by atoms with Gasteiger partial charge in [0.15, 0.2) is 0 Å². The molecule has 0 spiro atoms. The molecule has 1 N–H and O–H groups in total. The van der Waals surface area contributed by atoms with Gasteiger partial charge in [0.25, 0.3) is 0 Å². The van der Waals surface area contributed by atoms with Crippen molar-refractivity contribution in [3.05, 3.63) is 0 Å². The molecule has 0 unspecified atom stereocenters. The molecule has 0 aromatic carbocycles. The molecule has 4 nitrogen and oxygen atoms in total. The summed E-state index contributed by atoms with van der Waals surface area (Å²) in [4.78, 5) is 0. The molecule has 15 heavy (non-hydrogen) atoms. The lowest BCUT2D eigenvalue weighted by Crippen LogP contribution is -2.48. The van der Waals surface area contributed by atoms with Crippen LogP contribution >= 0.6 is 15.9 Å². The topological polar surface area (TPSA) is 55.4 Å². The van der Waals surface area contributed by atoms with Crippen molar-refractivity contribution in [3.8, 4) is 0 Å². The van der Waals surface area contributed by atoms with Crippen LogP contribution in [-0.4, -0.2) is 38.8 Å². The highest BCUT2D eigenvalue weighted by Gasteiger charge is 2.36. The van der Waals surface area contributed by atoms with Gasteiger partial charge in [-0.05, 0) is 12.8 Å². The summed E-state index contributed by atoms with van der Waals surface area (Å²) in [6.45, 7) is 0.244. The minimum absolute atomic E-state index is 0.0399. The Morgan fingerprint density at radius 2 is 2.00 bits per heavy atom. The number of sulfonamides is 1. The third-order valence-corrected chi connectivity index (χ3v) is 5.27. The average Bonchev–Trinajstić information content (AvgIpc) is 2.63. The lowest BCUT2D eigenvalue weighted by molar-refractivity contribution is 0.216. The molecule has 0 aromatic rings. The second-order valence-corrected chi connectivity index (χ2v) is 6.44. The van der Waals surface area contributed by atoms with E-state index in [2.05, 4.69) is 20.7 Å². The zero-order chi connectivity index (χ0) is 11.4. The molecule has 0 aromatic heterocycles. The highest BCUT2D eigenvalue weighted by molar-refractivity contribution is 9.09. The maximum atomic E-state index is 11.7. The second-order valence-electron chi connectivity index (χ2n) is 4.03. The third kappa shape index (κ3) is 4.01. The number of alkyl halides is 1. The first-order valence-electron chi connectivity index (χ1n) is 5.10. The van der Waals surface area contributed by atoms with E-state index >= 15 is 0 Å². The Kier molecular flexibility index (Phi) is 5.02. The SMILES string of the molecule is COCCS(=O)(=O)NC1(CBr)CCCC1. The minimum atomic E-state index is -3.20. The largest absolute Gasteiger partial charge is 0.384 e. The van der Waals surface area contributed by atoms with Crippen LogP contribution in [0.1, 0.15) is 25.7 Å². The Morgan fingerprint density at radius 3 is 2.47 bits per heavy atom. The minimum Gasteiger partial charge on any atom is -0.384 e. The van der Waals surface area contributed by atoms with Gasteiger partial charge in [-0.3, -0.25) is 0 Å². The number of ether oxygens (including phenoxy) is 1. The Bertz CT molecular complexity index is 286. The zero-order valence-corrected chi connectivity index (χ0v) is 11.4. The molecule has 0 radical (unpaired) electrons. The molecule has 1 saturated carbocycles. The van der Waals surface area contributed by atoms with E-state index in [0.29, 0.717) is 5.33 Å². The molecule has 1 fully saturated rings. The van der Waals surface area contributed by atoms with E-state index < -0.39 is 10.0 Å². The predicted octanol–water partition coefficient (Wildman–Crippen LogP) is 1.26. The van der Waals surface area contributed by atoms with E-state index in [4.69, 9.17) is 4.74 Å². The number of hydrogen-bond donors (Lipinski definition) is 1. The van der Waals surface area contributed by atoms with Crippen LogP contribution in [0.5, 0.6) is 0 Å². The summed E-state index contributed by atoms with van der Waals surface area (Å²) in [5.41, 5.74) is -0.257. The lowest BCUT2D eigenvalue weighted by atomic mass is 10.0. The average molecular weight is 300 g/mol. The van der Waals surface area contributed by atoms with Gasteiger partial charge in [0, 0.05) is 18.0 Å². The van der Waals surface area contributed by atoms with Gasteiger partial charge in [0.2, 0.25) is 10.0 Å². The number of halogens is 1. The van der Waals surface area contributed by atoms with Crippen molar-refractivity contribution in [2.75, 3.05) is 24.8 Å². The lowest BCUT2D eigenvalue weighted by Gasteiger charge is -2.27. The van der Waals surface area contributed by atoms with E-state index in [1.807, 2.05) is 0 Å². The number of hydrogen-bond acceptors (Lipinski definition) is 3. The van der Waals surface area contributed by atoms with E-state index in [0.717, 1.165) is 25.7 Å². The van der Waals surface area contributed by atoms with Crippen molar-refractivity contribution in [1.82, 2.24) is 4.72 Å². The molecular formula is C9H18BrNO3S. The molecule has 0 heterocycles. The van der Waals surface area contributed by atoms with Crippen LogP contribution in [0, 0.1) is 0 Å². The number of methoxy groups -OCH3 is 1. The first kappa shape index (κ1) is 13.4. The monoisotopic (exact) mass is 299 g/mol. The smallest absolute Gasteiger partial charge is 0.214 e. The summed E-state index contributed by atoms with van der Waals surface area (Å²) in [5.74, 6) is 0.0399. The molecule has 1 rings (SSSR count). The zero-order valence-electron chi connectivity index (χ0n) is 8.96. The molecule has 1 aliphatic rings. The van der Waals surface area contributed by atoms with E-state index in [1.54, 1.807) is 0 Å². The fraction of sp³-hybridized carbons (Fsp3) is 1.00. The first-order chi connectivity index (χ1) is 7.04. The summed E-state index contributed by atoms with van der Waals surface area (Å²) in [6.07, 6.45) is 4.03. The summed E-state index contributed by atoms with van der Waals surface area (Å²) in [7, 11) is -1.70. The van der Waals surface area contributed by atoms with Crippen molar-refractivity contribution in [3.63, 3.8) is 0 Å². The van der Waals surface area contributed by atoms with Crippen molar-refractivity contribution in [2.45, 2.75) is 31.2 Å². The van der Waals surface area contributed by atoms with Gasteiger partial charge in [0.1, 0.15) is 0 Å². The summed E-state index contributed by atoms with van der Waals surface area (Å²) in [5, 5.41) is 0.687. The Hall–Kier alpha value is 0.350. The molecule has 0 atom stereocenters. The van der Waals surface area contributed by atoms with E-state index in [9.17, 15) is 8.42 Å². The summed E-state index contributed by atoms with van der Waals surface area (Å²) >= 11 is 3.40. The number of rotatable bonds is 6. The second kappa shape index (κ2) is 5.61. The molecule has 0 bridgehead atoms. The highest BCUT2D eigenvalue weighted by atomic mass is 79.9. The van der Waals surface area contributed by atoms with Gasteiger partial charge < -0.3 is 4.74 Å². The summed E-state index contributed by atoms with van der Waals surface area (Å²) in [6, 6.07) is 0. The Balaban J connectivity index is 2.58. The van der Waals surface area contributed by atoms with Crippen LogP contribution < -0.4 is 4.72 Å².